The summed E-state index contributed by atoms with van der Waals surface area (Å²) in [6, 6.07) is 8.58. The second-order valence-corrected chi connectivity index (χ2v) is 12.2. The number of aliphatic hydroxyl groups is 1. The van der Waals surface area contributed by atoms with Crippen LogP contribution in [0.4, 0.5) is 0 Å². The molecule has 0 bridgehead atoms. The summed E-state index contributed by atoms with van der Waals surface area (Å²) in [5.74, 6) is -2.64. The summed E-state index contributed by atoms with van der Waals surface area (Å²) < 4.78 is 16.9. The summed E-state index contributed by atoms with van der Waals surface area (Å²) in [4.78, 5) is 37.4. The highest BCUT2D eigenvalue weighted by molar-refractivity contribution is 5.88. The molecule has 0 atom stereocenters. The molecular formula is C30H41N3O10. The number of carbonyl (C=O) groups is 3. The third-order valence-electron chi connectivity index (χ3n) is 7.23. The molecule has 3 heterocycles. The third kappa shape index (κ3) is 9.53. The summed E-state index contributed by atoms with van der Waals surface area (Å²) in [5, 5.41) is 37.6. The van der Waals surface area contributed by atoms with Crippen LogP contribution in [-0.4, -0.2) is 84.8 Å². The van der Waals surface area contributed by atoms with E-state index in [0.717, 1.165) is 48.7 Å². The van der Waals surface area contributed by atoms with E-state index >= 15 is 0 Å². The minimum atomic E-state index is -2.74. The van der Waals surface area contributed by atoms with Crippen LogP contribution in [0.15, 0.2) is 36.7 Å². The highest BCUT2D eigenvalue weighted by Crippen LogP contribution is 2.40. The predicted molar refractivity (Wildman–Crippen MR) is 154 cm³/mol. The summed E-state index contributed by atoms with van der Waals surface area (Å²) in [6.45, 7) is 11.1. The lowest BCUT2D eigenvalue weighted by molar-refractivity contribution is -0.170. The monoisotopic (exact) mass is 603 g/mol. The average molecular weight is 604 g/mol. The summed E-state index contributed by atoms with van der Waals surface area (Å²) in [5.41, 5.74) is -0.277. The standard InChI is InChI=1S/C24H33N3O3.C6H8O7/c1-23(2)11-19(12-24(3,4)26-23)27(14-17-7-6-8-25-13-17)15-18-9-21-22(30-16-29-21)10-20(18)28-5;7-3(8)1-6(13,5(11)12)2-4(9)10/h6-10,13,19,26H,11-12,14-16H2,1-5H3;13H,1-2H2,(H,7,8)(H,9,10)(H,11,12). The van der Waals surface area contributed by atoms with Gasteiger partial charge in [-0.25, -0.2) is 4.79 Å². The smallest absolute Gasteiger partial charge is 0.336 e. The maximum Gasteiger partial charge on any atom is 0.336 e. The largest absolute Gasteiger partial charge is 0.496 e. The van der Waals surface area contributed by atoms with Crippen LogP contribution in [0.2, 0.25) is 0 Å². The molecule has 13 heteroatoms. The lowest BCUT2D eigenvalue weighted by Crippen LogP contribution is -2.62. The Hall–Kier alpha value is -3.94. The van der Waals surface area contributed by atoms with Crippen molar-refractivity contribution in [2.75, 3.05) is 13.9 Å². The minimum absolute atomic E-state index is 0.0680. The van der Waals surface area contributed by atoms with Gasteiger partial charge in [-0.15, -0.1) is 0 Å². The van der Waals surface area contributed by atoms with E-state index in [1.54, 1.807) is 7.11 Å². The Labute approximate surface area is 250 Å². The number of fused-ring (bicyclic) bond motifs is 1. The number of aromatic nitrogens is 1. The molecule has 4 rings (SSSR count). The molecule has 0 radical (unpaired) electrons. The van der Waals surface area contributed by atoms with Gasteiger partial charge >= 0.3 is 17.9 Å². The van der Waals surface area contributed by atoms with Crippen molar-refractivity contribution in [1.82, 2.24) is 15.2 Å². The Balaban J connectivity index is 0.000000331. The van der Waals surface area contributed by atoms with Gasteiger partial charge in [-0.2, -0.15) is 0 Å². The number of methoxy groups -OCH3 is 1. The molecule has 0 aliphatic carbocycles. The quantitative estimate of drug-likeness (QED) is 0.252. The summed E-state index contributed by atoms with van der Waals surface area (Å²) in [7, 11) is 1.71. The van der Waals surface area contributed by atoms with Crippen molar-refractivity contribution in [3.05, 3.63) is 47.8 Å². The fourth-order valence-corrected chi connectivity index (χ4v) is 5.78. The Morgan fingerprint density at radius 2 is 1.60 bits per heavy atom. The van der Waals surface area contributed by atoms with Gasteiger partial charge in [0.25, 0.3) is 0 Å². The molecule has 5 N–H and O–H groups in total. The van der Waals surface area contributed by atoms with Crippen molar-refractivity contribution in [2.24, 2.45) is 0 Å². The van der Waals surface area contributed by atoms with Crippen LogP contribution in [0.5, 0.6) is 17.2 Å². The van der Waals surface area contributed by atoms with E-state index in [9.17, 15) is 14.4 Å². The number of benzene rings is 1. The molecule has 1 saturated heterocycles. The van der Waals surface area contributed by atoms with Gasteiger partial charge in [0.1, 0.15) is 5.75 Å². The molecule has 1 aromatic heterocycles. The highest BCUT2D eigenvalue weighted by Gasteiger charge is 2.41. The normalized spacial score (nSPS) is 17.1. The molecule has 2 aliphatic rings. The van der Waals surface area contributed by atoms with Crippen LogP contribution in [-0.2, 0) is 27.5 Å². The van der Waals surface area contributed by atoms with Crippen LogP contribution in [0.25, 0.3) is 0 Å². The zero-order valence-corrected chi connectivity index (χ0v) is 25.1. The van der Waals surface area contributed by atoms with Gasteiger partial charge in [0.05, 0.1) is 20.0 Å². The van der Waals surface area contributed by atoms with Crippen molar-refractivity contribution >= 4 is 17.9 Å². The summed E-state index contributed by atoms with van der Waals surface area (Å²) >= 11 is 0. The topological polar surface area (TPSA) is 188 Å². The molecule has 0 unspecified atom stereocenters. The van der Waals surface area contributed by atoms with Gasteiger partial charge in [0.2, 0.25) is 6.79 Å². The fraction of sp³-hybridized carbons (Fsp3) is 0.533. The number of carboxylic acids is 3. The average Bonchev–Trinajstić information content (AvgIpc) is 3.33. The molecule has 0 saturated carbocycles. The van der Waals surface area contributed by atoms with Crippen LogP contribution in [0.1, 0.15) is 64.5 Å². The number of aliphatic carboxylic acids is 3. The Morgan fingerprint density at radius 3 is 2.09 bits per heavy atom. The van der Waals surface area contributed by atoms with Gasteiger partial charge < -0.3 is 40.0 Å². The molecule has 1 aromatic carbocycles. The number of hydrogen-bond donors (Lipinski definition) is 5. The van der Waals surface area contributed by atoms with E-state index in [-0.39, 0.29) is 17.9 Å². The molecular weight excluding hydrogens is 562 g/mol. The molecule has 43 heavy (non-hydrogen) atoms. The first-order valence-electron chi connectivity index (χ1n) is 13.8. The van der Waals surface area contributed by atoms with Gasteiger partial charge in [-0.1, -0.05) is 6.07 Å². The van der Waals surface area contributed by atoms with E-state index in [4.69, 9.17) is 34.6 Å². The Morgan fingerprint density at radius 1 is 1.02 bits per heavy atom. The molecule has 0 amide bonds. The third-order valence-corrected chi connectivity index (χ3v) is 7.23. The fourth-order valence-electron chi connectivity index (χ4n) is 5.78. The summed E-state index contributed by atoms with van der Waals surface area (Å²) in [6.07, 6.45) is 3.64. The molecule has 236 valence electrons. The van der Waals surface area contributed by atoms with Crippen LogP contribution in [0, 0.1) is 0 Å². The van der Waals surface area contributed by atoms with E-state index in [0.29, 0.717) is 6.04 Å². The highest BCUT2D eigenvalue weighted by atomic mass is 16.7. The molecule has 2 aromatic rings. The zero-order valence-electron chi connectivity index (χ0n) is 25.1. The maximum atomic E-state index is 10.3. The zero-order chi connectivity index (χ0) is 32.0. The van der Waals surface area contributed by atoms with Gasteiger partial charge in [-0.05, 0) is 58.2 Å². The first-order valence-corrected chi connectivity index (χ1v) is 13.8. The molecule has 2 aliphatic heterocycles. The number of ether oxygens (including phenoxy) is 3. The number of nitrogens with one attached hydrogen (secondary N) is 1. The second kappa shape index (κ2) is 13.6. The van der Waals surface area contributed by atoms with Crippen molar-refractivity contribution in [1.29, 1.82) is 0 Å². The van der Waals surface area contributed by atoms with Crippen molar-refractivity contribution < 1.29 is 49.0 Å². The van der Waals surface area contributed by atoms with E-state index < -0.39 is 36.4 Å². The molecule has 1 fully saturated rings. The van der Waals surface area contributed by atoms with Gasteiger partial charge in [0.15, 0.2) is 17.1 Å². The predicted octanol–water partition coefficient (Wildman–Crippen LogP) is 2.88. The van der Waals surface area contributed by atoms with Crippen LogP contribution < -0.4 is 19.5 Å². The Kier molecular flexibility index (Phi) is 10.6. The van der Waals surface area contributed by atoms with Crippen LogP contribution in [0.3, 0.4) is 0 Å². The van der Waals surface area contributed by atoms with E-state index in [1.807, 2.05) is 24.5 Å². The lowest BCUT2D eigenvalue weighted by Gasteiger charge is -2.49. The van der Waals surface area contributed by atoms with Gasteiger partial charge in [-0.3, -0.25) is 19.5 Å². The number of piperidine rings is 1. The number of rotatable bonds is 11. The number of carboxylic acid groups (broad SMARTS) is 3. The first kappa shape index (κ1) is 33.6. The second-order valence-electron chi connectivity index (χ2n) is 12.2. The number of pyridine rings is 1. The Bertz CT molecular complexity index is 1270. The van der Waals surface area contributed by atoms with Crippen LogP contribution >= 0.6 is 0 Å². The van der Waals surface area contributed by atoms with E-state index in [1.165, 1.54) is 5.56 Å². The number of hydrogen-bond acceptors (Lipinski definition) is 10. The van der Waals surface area contributed by atoms with E-state index in [2.05, 4.69) is 55.0 Å². The lowest BCUT2D eigenvalue weighted by atomic mass is 9.78. The SMILES string of the molecule is COc1cc2c(cc1CN(Cc1cccnc1)C1CC(C)(C)NC(C)(C)C1)OCO2.O=C(O)CC(O)(CC(=O)O)C(=O)O. The molecule has 13 nitrogen and oxygen atoms in total. The maximum absolute atomic E-state index is 10.3. The van der Waals surface area contributed by atoms with Crippen molar-refractivity contribution in [3.63, 3.8) is 0 Å². The molecule has 0 spiro atoms. The van der Waals surface area contributed by atoms with Crippen molar-refractivity contribution in [3.8, 4) is 17.2 Å². The minimum Gasteiger partial charge on any atom is -0.496 e. The van der Waals surface area contributed by atoms with Gasteiger partial charge in [0, 0.05) is 54.2 Å². The number of nitrogens with zero attached hydrogens (tertiary/aromatic N) is 2. The first-order chi connectivity index (χ1) is 20.0. The van der Waals surface area contributed by atoms with Crippen molar-refractivity contribution in [2.45, 2.75) is 89.2 Å².